The van der Waals surface area contributed by atoms with E-state index in [0.29, 0.717) is 13.0 Å². The van der Waals surface area contributed by atoms with Crippen molar-refractivity contribution in [3.8, 4) is 0 Å². The molecule has 0 fully saturated rings. The molecule has 0 amide bonds. The van der Waals surface area contributed by atoms with Gasteiger partial charge in [0.1, 0.15) is 19.8 Å². The summed E-state index contributed by atoms with van der Waals surface area (Å²) in [7, 11) is 0. The highest BCUT2D eigenvalue weighted by Gasteiger charge is 2.37. The van der Waals surface area contributed by atoms with E-state index in [0.717, 1.165) is 0 Å². The fourth-order valence-electron chi connectivity index (χ4n) is 2.39. The summed E-state index contributed by atoms with van der Waals surface area (Å²) >= 11 is 16.9. The van der Waals surface area contributed by atoms with Crippen molar-refractivity contribution >= 4 is 68.4 Å². The Bertz CT molecular complexity index is 504. The number of thiol groups is 4. The lowest BCUT2D eigenvalue weighted by Crippen LogP contribution is -2.44. The summed E-state index contributed by atoms with van der Waals surface area (Å²) in [6.45, 7) is 7.31. The van der Waals surface area contributed by atoms with E-state index in [9.17, 15) is 14.4 Å². The van der Waals surface area contributed by atoms with Gasteiger partial charge in [-0.05, 0) is 6.42 Å². The number of hydrogen-bond donors (Lipinski definition) is 4. The fourth-order valence-corrected chi connectivity index (χ4v) is 2.95. The van der Waals surface area contributed by atoms with Gasteiger partial charge >= 0.3 is 17.9 Å². The zero-order valence-electron chi connectivity index (χ0n) is 19.3. The fraction of sp³-hybridized carbons (Fsp3) is 0.857. The van der Waals surface area contributed by atoms with Crippen LogP contribution in [0.2, 0.25) is 0 Å². The Balaban J connectivity index is 5.41. The molecule has 0 aromatic carbocycles. The predicted molar refractivity (Wildman–Crippen MR) is 138 cm³/mol. The summed E-state index contributed by atoms with van der Waals surface area (Å²) in [5.74, 6) is -1.36. The van der Waals surface area contributed by atoms with Gasteiger partial charge < -0.3 is 18.9 Å². The zero-order valence-corrected chi connectivity index (χ0v) is 22.9. The predicted octanol–water partition coefficient (Wildman–Crippen LogP) is 3.45. The largest absolute Gasteiger partial charge is 0.465 e. The molecule has 0 rings (SSSR count). The Morgan fingerprint density at radius 3 is 1.25 bits per heavy atom. The van der Waals surface area contributed by atoms with Crippen LogP contribution in [0.3, 0.4) is 0 Å². The van der Waals surface area contributed by atoms with Crippen LogP contribution in [0.25, 0.3) is 0 Å². The first kappa shape index (κ1) is 31.8. The Morgan fingerprint density at radius 2 is 0.969 bits per heavy atom. The molecule has 0 heterocycles. The van der Waals surface area contributed by atoms with E-state index in [1.54, 1.807) is 20.8 Å². The molecule has 0 bridgehead atoms. The molecule has 32 heavy (non-hydrogen) atoms. The van der Waals surface area contributed by atoms with E-state index in [1.807, 2.05) is 6.92 Å². The Morgan fingerprint density at radius 1 is 0.625 bits per heavy atom. The number of hydrogen-bond acceptors (Lipinski definition) is 11. The SMILES string of the molecule is CC(S)CCOCC(COC(=O)CC(C)S)(COC(=O)CC(C)S)COC(=O)CC(C)S. The summed E-state index contributed by atoms with van der Waals surface area (Å²) < 4.78 is 22.1. The molecule has 0 N–H and O–H groups in total. The van der Waals surface area contributed by atoms with Crippen molar-refractivity contribution in [2.24, 2.45) is 5.41 Å². The molecule has 188 valence electrons. The third kappa shape index (κ3) is 17.3. The van der Waals surface area contributed by atoms with E-state index in [2.05, 4.69) is 50.5 Å². The molecule has 0 aliphatic carbocycles. The number of carbonyl (C=O) groups is 3. The van der Waals surface area contributed by atoms with Crippen LogP contribution in [0.4, 0.5) is 0 Å². The normalized spacial score (nSPS) is 16.9. The van der Waals surface area contributed by atoms with Crippen LogP contribution in [-0.4, -0.2) is 71.9 Å². The third-order valence-electron chi connectivity index (χ3n) is 4.09. The highest BCUT2D eigenvalue weighted by atomic mass is 32.1. The van der Waals surface area contributed by atoms with Gasteiger partial charge in [0.15, 0.2) is 0 Å². The first-order valence-corrected chi connectivity index (χ1v) is 12.7. The number of rotatable bonds is 17. The number of carbonyl (C=O) groups excluding carboxylic acids is 3. The zero-order chi connectivity index (χ0) is 24.7. The lowest BCUT2D eigenvalue weighted by Gasteiger charge is -2.32. The standard InChI is InChI=1S/C21H38O7S4/c1-14(29)5-6-25-10-21(11-26-18(22)7-15(2)30,12-27-19(23)8-16(3)31)13-28-20(24)9-17(4)32/h14-17,29-32H,5-13H2,1-4H3. The van der Waals surface area contributed by atoms with Gasteiger partial charge in [-0.3, -0.25) is 14.4 Å². The van der Waals surface area contributed by atoms with Gasteiger partial charge in [-0.25, -0.2) is 0 Å². The Hall–Kier alpha value is -0.230. The molecule has 11 heteroatoms. The number of ether oxygens (including phenoxy) is 4. The summed E-state index contributed by atoms with van der Waals surface area (Å²) in [4.78, 5) is 36.4. The Kier molecular flexibility index (Phi) is 17.1. The quantitative estimate of drug-likeness (QED) is 0.0992. The minimum Gasteiger partial charge on any atom is -0.465 e. The molecule has 0 spiro atoms. The highest BCUT2D eigenvalue weighted by molar-refractivity contribution is 7.81. The van der Waals surface area contributed by atoms with Crippen LogP contribution in [0.5, 0.6) is 0 Å². The smallest absolute Gasteiger partial charge is 0.306 e. The first-order chi connectivity index (χ1) is 14.8. The van der Waals surface area contributed by atoms with Gasteiger partial charge in [-0.15, -0.1) is 0 Å². The van der Waals surface area contributed by atoms with Gasteiger partial charge in [0, 0.05) is 27.6 Å². The summed E-state index contributed by atoms with van der Waals surface area (Å²) in [5.41, 5.74) is -1.06. The van der Waals surface area contributed by atoms with E-state index in [4.69, 9.17) is 18.9 Å². The molecule has 0 saturated heterocycles. The molecule has 0 saturated carbocycles. The van der Waals surface area contributed by atoms with Crippen LogP contribution in [0, 0.1) is 5.41 Å². The number of esters is 3. The van der Waals surface area contributed by atoms with Crippen molar-refractivity contribution in [3.05, 3.63) is 0 Å². The van der Waals surface area contributed by atoms with E-state index in [-0.39, 0.29) is 66.7 Å². The maximum Gasteiger partial charge on any atom is 0.306 e. The van der Waals surface area contributed by atoms with Crippen LogP contribution < -0.4 is 0 Å². The summed E-state index contributed by atoms with van der Waals surface area (Å²) in [6, 6.07) is 0. The highest BCUT2D eigenvalue weighted by Crippen LogP contribution is 2.23. The molecular weight excluding hydrogens is 492 g/mol. The maximum absolute atomic E-state index is 12.1. The molecule has 7 nitrogen and oxygen atoms in total. The van der Waals surface area contributed by atoms with E-state index in [1.165, 1.54) is 0 Å². The van der Waals surface area contributed by atoms with Crippen molar-refractivity contribution in [2.75, 3.05) is 33.0 Å². The van der Waals surface area contributed by atoms with Gasteiger partial charge in [0.05, 0.1) is 31.3 Å². The third-order valence-corrected chi connectivity index (χ3v) is 4.90. The second kappa shape index (κ2) is 17.2. The van der Waals surface area contributed by atoms with Crippen LogP contribution in [0.1, 0.15) is 53.4 Å². The van der Waals surface area contributed by atoms with E-state index >= 15 is 0 Å². The molecule has 0 aromatic heterocycles. The molecule has 0 aliphatic heterocycles. The van der Waals surface area contributed by atoms with E-state index < -0.39 is 23.3 Å². The van der Waals surface area contributed by atoms with Gasteiger partial charge in [0.25, 0.3) is 0 Å². The minimum atomic E-state index is -1.06. The van der Waals surface area contributed by atoms with Crippen molar-refractivity contribution < 1.29 is 33.3 Å². The molecule has 0 aliphatic rings. The summed E-state index contributed by atoms with van der Waals surface area (Å²) in [5, 5.41) is -0.373. The molecule has 4 unspecified atom stereocenters. The van der Waals surface area contributed by atoms with Gasteiger partial charge in [-0.2, -0.15) is 50.5 Å². The van der Waals surface area contributed by atoms with Crippen LogP contribution in [0.15, 0.2) is 0 Å². The molecular formula is C21H38O7S4. The lowest BCUT2D eigenvalue weighted by atomic mass is 9.92. The topological polar surface area (TPSA) is 88.1 Å². The minimum absolute atomic E-state index is 0.0601. The first-order valence-electron chi connectivity index (χ1n) is 10.6. The Labute approximate surface area is 214 Å². The molecule has 4 atom stereocenters. The van der Waals surface area contributed by atoms with Gasteiger partial charge in [0.2, 0.25) is 0 Å². The van der Waals surface area contributed by atoms with Crippen molar-refractivity contribution in [3.63, 3.8) is 0 Å². The summed E-state index contributed by atoms with van der Waals surface area (Å²) in [6.07, 6.45) is 1.05. The molecule has 0 aromatic rings. The molecule has 0 radical (unpaired) electrons. The van der Waals surface area contributed by atoms with Crippen molar-refractivity contribution in [2.45, 2.75) is 74.4 Å². The maximum atomic E-state index is 12.1. The lowest BCUT2D eigenvalue weighted by molar-refractivity contribution is -0.167. The van der Waals surface area contributed by atoms with Crippen molar-refractivity contribution in [1.29, 1.82) is 0 Å². The van der Waals surface area contributed by atoms with Crippen molar-refractivity contribution in [1.82, 2.24) is 0 Å². The average Bonchev–Trinajstić information content (AvgIpc) is 2.64. The van der Waals surface area contributed by atoms with Gasteiger partial charge in [-0.1, -0.05) is 27.7 Å². The second-order valence-electron chi connectivity index (χ2n) is 8.33. The average molecular weight is 531 g/mol. The second-order valence-corrected chi connectivity index (χ2v) is 11.9. The van der Waals surface area contributed by atoms with Crippen LogP contribution in [-0.2, 0) is 33.3 Å². The van der Waals surface area contributed by atoms with Crippen LogP contribution >= 0.6 is 50.5 Å². The monoisotopic (exact) mass is 530 g/mol.